The van der Waals surface area contributed by atoms with Crippen LogP contribution in [-0.2, 0) is 4.79 Å². The zero-order valence-corrected chi connectivity index (χ0v) is 19.9. The molecule has 3 amide bonds. The van der Waals surface area contributed by atoms with Gasteiger partial charge in [0.15, 0.2) is 0 Å². The average molecular weight is 479 g/mol. The molecule has 0 aliphatic carbocycles. The molecule has 8 nitrogen and oxygen atoms in total. The number of nitriles is 1. The van der Waals surface area contributed by atoms with Gasteiger partial charge in [-0.2, -0.15) is 10.4 Å². The van der Waals surface area contributed by atoms with E-state index in [2.05, 4.69) is 10.6 Å². The molecular formula is C28H26N6O2. The molecule has 8 heteroatoms. The number of rotatable bonds is 8. The van der Waals surface area contributed by atoms with Crippen LogP contribution in [0, 0.1) is 11.3 Å². The molecule has 0 aliphatic heterocycles. The Kier molecular flexibility index (Phi) is 7.73. The van der Waals surface area contributed by atoms with Crippen LogP contribution >= 0.6 is 0 Å². The largest absolute Gasteiger partial charge is 0.322 e. The molecule has 0 saturated carbocycles. The highest BCUT2D eigenvalue weighted by Gasteiger charge is 2.19. The SMILES string of the molecule is CCCN(CC(=O)Nc1cc(-c2ccccc2)nn1-c1ccccc1)C(=O)Nc1cccc(C#N)c1. The quantitative estimate of drug-likeness (QED) is 0.359. The van der Waals surface area contributed by atoms with Crippen molar-refractivity contribution >= 4 is 23.4 Å². The van der Waals surface area contributed by atoms with E-state index >= 15 is 0 Å². The van der Waals surface area contributed by atoms with Gasteiger partial charge in [0.05, 0.1) is 23.0 Å². The first-order chi connectivity index (χ1) is 17.6. The summed E-state index contributed by atoms with van der Waals surface area (Å²) < 4.78 is 1.68. The van der Waals surface area contributed by atoms with Crippen LogP contribution < -0.4 is 10.6 Å². The van der Waals surface area contributed by atoms with Crippen molar-refractivity contribution in [3.05, 3.63) is 96.6 Å². The number of nitrogens with one attached hydrogen (secondary N) is 2. The number of carbonyl (C=O) groups excluding carboxylic acids is 2. The molecule has 0 unspecified atom stereocenters. The van der Waals surface area contributed by atoms with Gasteiger partial charge in [0.2, 0.25) is 5.91 Å². The number of aromatic nitrogens is 2. The summed E-state index contributed by atoms with van der Waals surface area (Å²) in [5.74, 6) is 0.157. The highest BCUT2D eigenvalue weighted by Crippen LogP contribution is 2.24. The fourth-order valence-corrected chi connectivity index (χ4v) is 3.73. The maximum absolute atomic E-state index is 13.1. The summed E-state index contributed by atoms with van der Waals surface area (Å²) in [7, 11) is 0. The lowest BCUT2D eigenvalue weighted by Gasteiger charge is -2.22. The molecule has 36 heavy (non-hydrogen) atoms. The molecule has 4 aromatic rings. The van der Waals surface area contributed by atoms with Crippen LogP contribution in [0.1, 0.15) is 18.9 Å². The van der Waals surface area contributed by atoms with Crippen LogP contribution in [0.25, 0.3) is 16.9 Å². The number of hydrogen-bond donors (Lipinski definition) is 2. The van der Waals surface area contributed by atoms with Gasteiger partial charge >= 0.3 is 6.03 Å². The summed E-state index contributed by atoms with van der Waals surface area (Å²) in [5.41, 5.74) is 3.38. The van der Waals surface area contributed by atoms with E-state index < -0.39 is 6.03 Å². The van der Waals surface area contributed by atoms with Crippen LogP contribution in [0.3, 0.4) is 0 Å². The Hall–Kier alpha value is -4.90. The van der Waals surface area contributed by atoms with Gasteiger partial charge in [0.25, 0.3) is 0 Å². The number of urea groups is 1. The number of benzene rings is 3. The van der Waals surface area contributed by atoms with Gasteiger partial charge in [-0.3, -0.25) is 4.79 Å². The molecule has 0 radical (unpaired) electrons. The van der Waals surface area contributed by atoms with Crippen molar-refractivity contribution in [3.8, 4) is 23.0 Å². The zero-order valence-electron chi connectivity index (χ0n) is 19.9. The van der Waals surface area contributed by atoms with Crippen molar-refractivity contribution in [2.24, 2.45) is 0 Å². The minimum atomic E-state index is -0.413. The third-order valence-electron chi connectivity index (χ3n) is 5.41. The summed E-state index contributed by atoms with van der Waals surface area (Å²) in [6.45, 7) is 2.19. The normalized spacial score (nSPS) is 10.3. The lowest BCUT2D eigenvalue weighted by molar-refractivity contribution is -0.116. The Morgan fingerprint density at radius 1 is 0.944 bits per heavy atom. The van der Waals surface area contributed by atoms with E-state index in [0.717, 1.165) is 16.9 Å². The molecule has 180 valence electrons. The van der Waals surface area contributed by atoms with E-state index in [1.54, 1.807) is 28.9 Å². The van der Waals surface area contributed by atoms with E-state index in [1.165, 1.54) is 4.90 Å². The van der Waals surface area contributed by atoms with E-state index in [0.29, 0.717) is 30.0 Å². The van der Waals surface area contributed by atoms with Gasteiger partial charge in [0, 0.05) is 23.9 Å². The first-order valence-corrected chi connectivity index (χ1v) is 11.6. The minimum Gasteiger partial charge on any atom is -0.315 e. The molecular weight excluding hydrogens is 452 g/mol. The molecule has 3 aromatic carbocycles. The molecule has 4 rings (SSSR count). The smallest absolute Gasteiger partial charge is 0.315 e. The minimum absolute atomic E-state index is 0.141. The molecule has 0 spiro atoms. The van der Waals surface area contributed by atoms with Gasteiger partial charge in [-0.15, -0.1) is 0 Å². The second-order valence-electron chi connectivity index (χ2n) is 8.12. The summed E-state index contributed by atoms with van der Waals surface area (Å²) in [6, 6.07) is 29.3. The molecule has 1 aromatic heterocycles. The maximum Gasteiger partial charge on any atom is 0.322 e. The third-order valence-corrected chi connectivity index (χ3v) is 5.41. The van der Waals surface area contributed by atoms with E-state index in [-0.39, 0.29) is 12.5 Å². The van der Waals surface area contributed by atoms with Crippen molar-refractivity contribution in [1.82, 2.24) is 14.7 Å². The van der Waals surface area contributed by atoms with E-state index in [1.807, 2.05) is 79.7 Å². The molecule has 0 bridgehead atoms. The fraction of sp³-hybridized carbons (Fsp3) is 0.143. The fourth-order valence-electron chi connectivity index (χ4n) is 3.73. The van der Waals surface area contributed by atoms with Crippen molar-refractivity contribution in [3.63, 3.8) is 0 Å². The number of anilines is 2. The summed E-state index contributed by atoms with van der Waals surface area (Å²) in [6.07, 6.45) is 0.680. The third kappa shape index (κ3) is 5.96. The number of para-hydroxylation sites is 1. The highest BCUT2D eigenvalue weighted by molar-refractivity contribution is 5.97. The number of amides is 3. The summed E-state index contributed by atoms with van der Waals surface area (Å²) in [4.78, 5) is 27.4. The van der Waals surface area contributed by atoms with Gasteiger partial charge < -0.3 is 15.5 Å². The molecule has 0 aliphatic rings. The Bertz CT molecular complexity index is 1380. The topological polar surface area (TPSA) is 103 Å². The van der Waals surface area contributed by atoms with Crippen molar-refractivity contribution < 1.29 is 9.59 Å². The predicted molar refractivity (Wildman–Crippen MR) is 140 cm³/mol. The van der Waals surface area contributed by atoms with Crippen molar-refractivity contribution in [2.75, 3.05) is 23.7 Å². The Labute approximate surface area is 209 Å². The van der Waals surface area contributed by atoms with E-state index in [4.69, 9.17) is 10.4 Å². The molecule has 0 atom stereocenters. The monoisotopic (exact) mass is 478 g/mol. The molecule has 1 heterocycles. The second kappa shape index (κ2) is 11.5. The maximum atomic E-state index is 13.1. The van der Waals surface area contributed by atoms with Crippen molar-refractivity contribution in [2.45, 2.75) is 13.3 Å². The average Bonchev–Trinajstić information content (AvgIpc) is 3.33. The van der Waals surface area contributed by atoms with Crippen LogP contribution in [0.15, 0.2) is 91.0 Å². The first kappa shape index (κ1) is 24.2. The molecule has 0 saturated heterocycles. The summed E-state index contributed by atoms with van der Waals surface area (Å²) >= 11 is 0. The second-order valence-corrected chi connectivity index (χ2v) is 8.12. The first-order valence-electron chi connectivity index (χ1n) is 11.6. The standard InChI is InChI=1S/C28H26N6O2/c1-2-16-33(28(36)30-23-13-9-10-21(17-23)19-29)20-27(35)31-26-18-25(22-11-5-3-6-12-22)32-34(26)24-14-7-4-8-15-24/h3-15,17-18H,2,16,20H2,1H3,(H,30,36)(H,31,35). The molecule has 2 N–H and O–H groups in total. The Morgan fingerprint density at radius 3 is 2.36 bits per heavy atom. The van der Waals surface area contributed by atoms with E-state index in [9.17, 15) is 9.59 Å². The van der Waals surface area contributed by atoms with Crippen LogP contribution in [0.4, 0.5) is 16.3 Å². The molecule has 0 fully saturated rings. The van der Waals surface area contributed by atoms with Gasteiger partial charge in [0.1, 0.15) is 12.4 Å². The van der Waals surface area contributed by atoms with Gasteiger partial charge in [-0.1, -0.05) is 61.5 Å². The number of carbonyl (C=O) groups is 2. The Balaban J connectivity index is 1.53. The lowest BCUT2D eigenvalue weighted by Crippen LogP contribution is -2.41. The van der Waals surface area contributed by atoms with Crippen LogP contribution in [0.5, 0.6) is 0 Å². The summed E-state index contributed by atoms with van der Waals surface area (Å²) in [5, 5.41) is 19.5. The van der Waals surface area contributed by atoms with Crippen molar-refractivity contribution in [1.29, 1.82) is 5.26 Å². The Morgan fingerprint density at radius 2 is 1.67 bits per heavy atom. The van der Waals surface area contributed by atoms with Crippen LogP contribution in [0.2, 0.25) is 0 Å². The zero-order chi connectivity index (χ0) is 25.3. The predicted octanol–water partition coefficient (Wildman–Crippen LogP) is 5.29. The van der Waals surface area contributed by atoms with Crippen LogP contribution in [-0.4, -0.2) is 39.7 Å². The number of hydrogen-bond acceptors (Lipinski definition) is 4. The lowest BCUT2D eigenvalue weighted by atomic mass is 10.1. The van der Waals surface area contributed by atoms with Gasteiger partial charge in [-0.25, -0.2) is 9.48 Å². The highest BCUT2D eigenvalue weighted by atomic mass is 16.2. The number of nitrogens with zero attached hydrogens (tertiary/aromatic N) is 4. The van der Waals surface area contributed by atoms with Gasteiger partial charge in [-0.05, 0) is 36.8 Å².